The molecule has 3 N–H and O–H groups in total. The summed E-state index contributed by atoms with van der Waals surface area (Å²) in [6, 6.07) is 8.58. The number of benzene rings is 1. The van der Waals surface area contributed by atoms with Crippen LogP contribution in [0.4, 0.5) is 11.5 Å². The molecule has 1 atom stereocenters. The van der Waals surface area contributed by atoms with E-state index in [1.165, 1.54) is 22.6 Å². The van der Waals surface area contributed by atoms with Crippen molar-refractivity contribution in [3.05, 3.63) is 63.1 Å². The number of carbonyl (C=O) groups excluding carboxylic acids is 1. The van der Waals surface area contributed by atoms with Gasteiger partial charge in [0.15, 0.2) is 5.69 Å². The molecular formula is C19H24N8O3. The average Bonchev–Trinajstić information content (AvgIpc) is 3.26. The van der Waals surface area contributed by atoms with Gasteiger partial charge < -0.3 is 10.6 Å². The molecule has 0 aliphatic carbocycles. The molecule has 1 amide bonds. The number of nitrogen functional groups attached to an aromatic ring is 1. The van der Waals surface area contributed by atoms with E-state index in [2.05, 4.69) is 20.5 Å². The molecule has 3 aromatic rings. The molecule has 30 heavy (non-hydrogen) atoms. The fourth-order valence-corrected chi connectivity index (χ4v) is 3.22. The summed E-state index contributed by atoms with van der Waals surface area (Å²) in [7, 11) is 1.44. The van der Waals surface area contributed by atoms with E-state index in [0.29, 0.717) is 19.4 Å². The zero-order valence-electron chi connectivity index (χ0n) is 16.9. The summed E-state index contributed by atoms with van der Waals surface area (Å²) in [5, 5.41) is 11.1. The van der Waals surface area contributed by atoms with Crippen LogP contribution in [0.1, 0.15) is 31.4 Å². The summed E-state index contributed by atoms with van der Waals surface area (Å²) in [4.78, 5) is 41.5. The van der Waals surface area contributed by atoms with Crippen molar-refractivity contribution in [2.45, 2.75) is 38.8 Å². The van der Waals surface area contributed by atoms with E-state index in [1.54, 1.807) is 0 Å². The van der Waals surface area contributed by atoms with Gasteiger partial charge in [0.05, 0.1) is 0 Å². The van der Waals surface area contributed by atoms with Gasteiger partial charge in [-0.1, -0.05) is 43.7 Å². The molecule has 0 saturated carbocycles. The molecule has 0 spiro atoms. The number of nitrogens with two attached hydrogens (primary N) is 1. The van der Waals surface area contributed by atoms with Crippen molar-refractivity contribution in [1.29, 1.82) is 0 Å². The highest BCUT2D eigenvalue weighted by Crippen LogP contribution is 2.21. The Morgan fingerprint density at radius 1 is 1.27 bits per heavy atom. The highest BCUT2D eigenvalue weighted by Gasteiger charge is 2.29. The number of amides is 1. The van der Waals surface area contributed by atoms with Gasteiger partial charge in [0.25, 0.3) is 11.5 Å². The van der Waals surface area contributed by atoms with Gasteiger partial charge in [-0.3, -0.25) is 19.1 Å². The lowest BCUT2D eigenvalue weighted by atomic mass is 10.0. The second kappa shape index (κ2) is 9.16. The van der Waals surface area contributed by atoms with Gasteiger partial charge in [-0.05, 0) is 22.4 Å². The summed E-state index contributed by atoms with van der Waals surface area (Å²) in [5.74, 6) is -0.493. The summed E-state index contributed by atoms with van der Waals surface area (Å²) < 4.78 is 2.61. The number of carbonyl (C=O) groups is 1. The first kappa shape index (κ1) is 21.0. The molecule has 2 aromatic heterocycles. The number of tetrazole rings is 1. The van der Waals surface area contributed by atoms with Crippen LogP contribution in [0.25, 0.3) is 0 Å². The largest absolute Gasteiger partial charge is 0.383 e. The number of aromatic nitrogens is 6. The van der Waals surface area contributed by atoms with E-state index in [9.17, 15) is 14.4 Å². The lowest BCUT2D eigenvalue weighted by Crippen LogP contribution is -2.42. The van der Waals surface area contributed by atoms with Crippen molar-refractivity contribution in [3.63, 3.8) is 0 Å². The standard InChI is InChI=1S/C19H24N8O3/c1-3-4-10-26-16(20)15(17(28)22-19(26)30)25(2)18(29)14(27-12-21-23-24-27)11-13-8-6-5-7-9-13/h5-9,12,14H,3-4,10-11,20H2,1-2H3,(H,22,28,30). The molecule has 11 heteroatoms. The predicted octanol–water partition coefficient (Wildman–Crippen LogP) is 0.352. The Labute approximate surface area is 172 Å². The lowest BCUT2D eigenvalue weighted by molar-refractivity contribution is -0.121. The predicted molar refractivity (Wildman–Crippen MR) is 111 cm³/mol. The monoisotopic (exact) mass is 412 g/mol. The Bertz CT molecular complexity index is 1110. The third-order valence-electron chi connectivity index (χ3n) is 4.86. The summed E-state index contributed by atoms with van der Waals surface area (Å²) in [5.41, 5.74) is 5.63. The lowest BCUT2D eigenvalue weighted by Gasteiger charge is -2.25. The third kappa shape index (κ3) is 4.29. The molecule has 11 nitrogen and oxygen atoms in total. The van der Waals surface area contributed by atoms with Crippen LogP contribution in [-0.2, 0) is 17.8 Å². The first-order valence-corrected chi connectivity index (χ1v) is 9.60. The molecule has 0 radical (unpaired) electrons. The first-order valence-electron chi connectivity index (χ1n) is 9.60. The van der Waals surface area contributed by atoms with E-state index in [1.807, 2.05) is 37.3 Å². The van der Waals surface area contributed by atoms with E-state index >= 15 is 0 Å². The number of nitrogens with one attached hydrogen (secondary N) is 1. The van der Waals surface area contributed by atoms with Crippen LogP contribution in [0.15, 0.2) is 46.2 Å². The van der Waals surface area contributed by atoms with E-state index < -0.39 is 23.2 Å². The molecule has 1 unspecified atom stereocenters. The quantitative estimate of drug-likeness (QED) is 0.543. The normalized spacial score (nSPS) is 11.9. The topological polar surface area (TPSA) is 145 Å². The molecule has 0 bridgehead atoms. The second-order valence-electron chi connectivity index (χ2n) is 6.89. The molecule has 0 fully saturated rings. The fraction of sp³-hybridized carbons (Fsp3) is 0.368. The van der Waals surface area contributed by atoms with Crippen molar-refractivity contribution in [2.24, 2.45) is 0 Å². The number of anilines is 2. The minimum atomic E-state index is -0.804. The molecule has 0 aliphatic rings. The maximum atomic E-state index is 13.4. The number of aromatic amines is 1. The van der Waals surface area contributed by atoms with Crippen molar-refractivity contribution in [1.82, 2.24) is 29.8 Å². The van der Waals surface area contributed by atoms with Crippen LogP contribution < -0.4 is 21.9 Å². The molecule has 158 valence electrons. The van der Waals surface area contributed by atoms with Gasteiger partial charge >= 0.3 is 5.69 Å². The number of nitrogens with zero attached hydrogens (tertiary/aromatic N) is 6. The Kier molecular flexibility index (Phi) is 6.40. The van der Waals surface area contributed by atoms with E-state index in [0.717, 1.165) is 16.9 Å². The highest BCUT2D eigenvalue weighted by molar-refractivity contribution is 5.97. The van der Waals surface area contributed by atoms with Gasteiger partial charge in [-0.2, -0.15) is 0 Å². The van der Waals surface area contributed by atoms with Crippen molar-refractivity contribution in [3.8, 4) is 0 Å². The Morgan fingerprint density at radius 3 is 2.63 bits per heavy atom. The van der Waals surface area contributed by atoms with Gasteiger partial charge in [0.2, 0.25) is 0 Å². The van der Waals surface area contributed by atoms with Gasteiger partial charge in [-0.25, -0.2) is 9.48 Å². The maximum absolute atomic E-state index is 13.4. The van der Waals surface area contributed by atoms with Crippen LogP contribution in [0.3, 0.4) is 0 Å². The molecule has 2 heterocycles. The van der Waals surface area contributed by atoms with Gasteiger partial charge in [0, 0.05) is 20.0 Å². The minimum absolute atomic E-state index is 0.0526. The minimum Gasteiger partial charge on any atom is -0.383 e. The molecule has 3 rings (SSSR count). The van der Waals surface area contributed by atoms with Crippen LogP contribution in [0.2, 0.25) is 0 Å². The van der Waals surface area contributed by atoms with Crippen LogP contribution in [0, 0.1) is 0 Å². The zero-order chi connectivity index (χ0) is 21.7. The highest BCUT2D eigenvalue weighted by atomic mass is 16.2. The third-order valence-corrected chi connectivity index (χ3v) is 4.86. The second-order valence-corrected chi connectivity index (χ2v) is 6.89. The number of hydrogen-bond acceptors (Lipinski definition) is 7. The van der Waals surface area contributed by atoms with Crippen LogP contribution >= 0.6 is 0 Å². The molecule has 1 aromatic carbocycles. The SMILES string of the molecule is CCCCn1c(N)c(N(C)C(=O)C(Cc2ccccc2)n2cnnn2)c(=O)[nH]c1=O. The van der Waals surface area contributed by atoms with Crippen molar-refractivity contribution >= 4 is 17.4 Å². The number of likely N-dealkylation sites (N-methyl/N-ethyl adjacent to an activating group) is 1. The maximum Gasteiger partial charge on any atom is 0.330 e. The summed E-state index contributed by atoms with van der Waals surface area (Å²) >= 11 is 0. The Morgan fingerprint density at radius 2 is 2.00 bits per heavy atom. The van der Waals surface area contributed by atoms with Crippen LogP contribution in [0.5, 0.6) is 0 Å². The van der Waals surface area contributed by atoms with Crippen molar-refractivity contribution in [2.75, 3.05) is 17.7 Å². The number of hydrogen-bond donors (Lipinski definition) is 2. The molecule has 0 saturated heterocycles. The number of unbranched alkanes of at least 4 members (excludes halogenated alkanes) is 1. The first-order chi connectivity index (χ1) is 14.4. The summed E-state index contributed by atoms with van der Waals surface area (Å²) in [6.45, 7) is 2.32. The molecular weight excluding hydrogens is 388 g/mol. The average molecular weight is 412 g/mol. The fourth-order valence-electron chi connectivity index (χ4n) is 3.22. The Balaban J connectivity index is 1.99. The Hall–Kier alpha value is -3.76. The van der Waals surface area contributed by atoms with E-state index in [-0.39, 0.29) is 11.5 Å². The van der Waals surface area contributed by atoms with Gasteiger partial charge in [0.1, 0.15) is 18.2 Å². The molecule has 0 aliphatic heterocycles. The van der Waals surface area contributed by atoms with E-state index in [4.69, 9.17) is 5.73 Å². The van der Waals surface area contributed by atoms with Crippen molar-refractivity contribution < 1.29 is 4.79 Å². The number of rotatable bonds is 8. The van der Waals surface area contributed by atoms with Crippen LogP contribution in [-0.4, -0.2) is 42.7 Å². The number of H-pyrrole nitrogens is 1. The van der Waals surface area contributed by atoms with Gasteiger partial charge in [-0.15, -0.1) is 5.10 Å². The summed E-state index contributed by atoms with van der Waals surface area (Å²) in [6.07, 6.45) is 3.19. The zero-order valence-corrected chi connectivity index (χ0v) is 16.9. The smallest absolute Gasteiger partial charge is 0.330 e.